The van der Waals surface area contributed by atoms with Crippen LogP contribution in [0.25, 0.3) is 0 Å². The van der Waals surface area contributed by atoms with Gasteiger partial charge in [0.2, 0.25) is 0 Å². The number of carbonyl (C=O) groups excluding carboxylic acids is 1. The number of nitrogens with zero attached hydrogens (tertiary/aromatic N) is 3. The lowest BCUT2D eigenvalue weighted by molar-refractivity contribution is 0.0582. The fourth-order valence-electron chi connectivity index (χ4n) is 5.04. The number of aryl methyl sites for hydroxylation is 1. The highest BCUT2D eigenvalue weighted by atomic mass is 16.3. The third-order valence-corrected chi connectivity index (χ3v) is 6.59. The SMILES string of the molecule is Cc1occc1C(=O)N(Cc1cccnc1)C[C@H]1CCCN(C2CCCCC2)C1. The van der Waals surface area contributed by atoms with Gasteiger partial charge in [0.1, 0.15) is 5.76 Å². The molecule has 5 nitrogen and oxygen atoms in total. The quantitative estimate of drug-likeness (QED) is 0.713. The van der Waals surface area contributed by atoms with Crippen LogP contribution >= 0.6 is 0 Å². The van der Waals surface area contributed by atoms with Crippen molar-refractivity contribution in [1.82, 2.24) is 14.8 Å². The zero-order chi connectivity index (χ0) is 20.1. The fraction of sp³-hybridized carbons (Fsp3) is 0.583. The molecule has 2 aliphatic rings. The van der Waals surface area contributed by atoms with Gasteiger partial charge in [-0.25, -0.2) is 0 Å². The molecule has 5 heteroatoms. The molecular formula is C24H33N3O2. The third kappa shape index (κ3) is 5.08. The summed E-state index contributed by atoms with van der Waals surface area (Å²) in [6.07, 6.45) is 14.5. The molecule has 2 aromatic rings. The predicted molar refractivity (Wildman–Crippen MR) is 114 cm³/mol. The van der Waals surface area contributed by atoms with Gasteiger partial charge >= 0.3 is 0 Å². The van der Waals surface area contributed by atoms with Crippen molar-refractivity contribution in [2.24, 2.45) is 5.92 Å². The van der Waals surface area contributed by atoms with E-state index in [0.29, 0.717) is 23.8 Å². The maximum atomic E-state index is 13.3. The molecule has 1 saturated carbocycles. The number of hydrogen-bond donors (Lipinski definition) is 0. The molecule has 1 aliphatic heterocycles. The van der Waals surface area contributed by atoms with Crippen molar-refractivity contribution in [3.63, 3.8) is 0 Å². The number of amides is 1. The van der Waals surface area contributed by atoms with E-state index < -0.39 is 0 Å². The van der Waals surface area contributed by atoms with E-state index in [1.165, 1.54) is 51.5 Å². The van der Waals surface area contributed by atoms with Gasteiger partial charge in [-0.2, -0.15) is 0 Å². The van der Waals surface area contributed by atoms with Crippen LogP contribution in [0.15, 0.2) is 41.3 Å². The Labute approximate surface area is 174 Å². The Morgan fingerprint density at radius 3 is 2.79 bits per heavy atom. The number of aromatic nitrogens is 1. The molecule has 29 heavy (non-hydrogen) atoms. The number of hydrogen-bond acceptors (Lipinski definition) is 4. The highest BCUT2D eigenvalue weighted by molar-refractivity contribution is 5.95. The van der Waals surface area contributed by atoms with Crippen molar-refractivity contribution in [3.05, 3.63) is 53.7 Å². The van der Waals surface area contributed by atoms with Gasteiger partial charge in [-0.15, -0.1) is 0 Å². The van der Waals surface area contributed by atoms with Crippen LogP contribution in [0.5, 0.6) is 0 Å². The van der Waals surface area contributed by atoms with Crippen molar-refractivity contribution in [1.29, 1.82) is 0 Å². The molecule has 0 unspecified atom stereocenters. The summed E-state index contributed by atoms with van der Waals surface area (Å²) in [5, 5.41) is 0. The summed E-state index contributed by atoms with van der Waals surface area (Å²) >= 11 is 0. The predicted octanol–water partition coefficient (Wildman–Crippen LogP) is 4.67. The van der Waals surface area contributed by atoms with Gasteiger partial charge in [-0.1, -0.05) is 25.3 Å². The summed E-state index contributed by atoms with van der Waals surface area (Å²) in [5.74, 6) is 1.28. The standard InChI is InChI=1S/C24H33N3O2/c1-19-23(11-14-29-19)24(28)27(16-20-7-5-12-25-15-20)18-21-8-6-13-26(17-21)22-9-3-2-4-10-22/h5,7,11-12,14-15,21-22H,2-4,6,8-10,13,16-18H2,1H3/t21-/m0/s1. The summed E-state index contributed by atoms with van der Waals surface area (Å²) in [7, 11) is 0. The molecule has 1 aliphatic carbocycles. The third-order valence-electron chi connectivity index (χ3n) is 6.59. The second kappa shape index (κ2) is 9.57. The number of pyridine rings is 1. The summed E-state index contributed by atoms with van der Waals surface area (Å²) in [5.41, 5.74) is 1.75. The molecule has 0 bridgehead atoms. The molecule has 1 saturated heterocycles. The largest absolute Gasteiger partial charge is 0.469 e. The smallest absolute Gasteiger partial charge is 0.257 e. The molecule has 0 spiro atoms. The minimum atomic E-state index is 0.0647. The average molecular weight is 396 g/mol. The Morgan fingerprint density at radius 1 is 1.21 bits per heavy atom. The van der Waals surface area contributed by atoms with Crippen LogP contribution < -0.4 is 0 Å². The molecule has 2 fully saturated rings. The van der Waals surface area contributed by atoms with Crippen LogP contribution in [0.1, 0.15) is 66.6 Å². The van der Waals surface area contributed by atoms with E-state index in [2.05, 4.69) is 9.88 Å². The first kappa shape index (κ1) is 20.1. The van der Waals surface area contributed by atoms with E-state index in [4.69, 9.17) is 4.42 Å². The van der Waals surface area contributed by atoms with E-state index in [1.807, 2.05) is 30.2 Å². The van der Waals surface area contributed by atoms with E-state index in [9.17, 15) is 4.79 Å². The number of rotatable bonds is 6. The van der Waals surface area contributed by atoms with Crippen molar-refractivity contribution in [2.45, 2.75) is 64.5 Å². The van der Waals surface area contributed by atoms with Crippen molar-refractivity contribution >= 4 is 5.91 Å². The second-order valence-corrected chi connectivity index (χ2v) is 8.73. The molecule has 1 atom stereocenters. The Kier molecular flexibility index (Phi) is 6.65. The number of furan rings is 1. The molecule has 0 aromatic carbocycles. The average Bonchev–Trinajstić information content (AvgIpc) is 3.20. The summed E-state index contributed by atoms with van der Waals surface area (Å²) < 4.78 is 5.40. The lowest BCUT2D eigenvalue weighted by Crippen LogP contribution is -2.47. The zero-order valence-electron chi connectivity index (χ0n) is 17.6. The van der Waals surface area contributed by atoms with Crippen LogP contribution in [-0.4, -0.2) is 46.4 Å². The first-order chi connectivity index (χ1) is 14.2. The normalized spacial score (nSPS) is 21.2. The van der Waals surface area contributed by atoms with Gasteiger partial charge in [0.05, 0.1) is 11.8 Å². The first-order valence-corrected chi connectivity index (χ1v) is 11.2. The van der Waals surface area contributed by atoms with Crippen LogP contribution in [0.2, 0.25) is 0 Å². The number of likely N-dealkylation sites (tertiary alicyclic amines) is 1. The molecule has 3 heterocycles. The molecule has 156 valence electrons. The zero-order valence-corrected chi connectivity index (χ0v) is 17.6. The van der Waals surface area contributed by atoms with E-state index >= 15 is 0 Å². The van der Waals surface area contributed by atoms with Crippen LogP contribution in [0, 0.1) is 12.8 Å². The van der Waals surface area contributed by atoms with Crippen LogP contribution in [0.3, 0.4) is 0 Å². The Hall–Kier alpha value is -2.14. The lowest BCUT2D eigenvalue weighted by Gasteiger charge is -2.41. The lowest BCUT2D eigenvalue weighted by atomic mass is 9.90. The van der Waals surface area contributed by atoms with E-state index in [-0.39, 0.29) is 5.91 Å². The van der Waals surface area contributed by atoms with Crippen LogP contribution in [-0.2, 0) is 6.54 Å². The van der Waals surface area contributed by atoms with Crippen LogP contribution in [0.4, 0.5) is 0 Å². The summed E-state index contributed by atoms with van der Waals surface area (Å²) in [4.78, 5) is 22.3. The monoisotopic (exact) mass is 395 g/mol. The van der Waals surface area contributed by atoms with Gasteiger partial charge in [0.15, 0.2) is 0 Å². The minimum Gasteiger partial charge on any atom is -0.469 e. The minimum absolute atomic E-state index is 0.0647. The van der Waals surface area contributed by atoms with E-state index in [0.717, 1.165) is 24.7 Å². The molecule has 0 N–H and O–H groups in total. The maximum Gasteiger partial charge on any atom is 0.257 e. The highest BCUT2D eigenvalue weighted by Crippen LogP contribution is 2.28. The van der Waals surface area contributed by atoms with Gasteiger partial charge in [-0.3, -0.25) is 9.78 Å². The molecule has 1 amide bonds. The first-order valence-electron chi connectivity index (χ1n) is 11.2. The molecular weight excluding hydrogens is 362 g/mol. The molecule has 4 rings (SSSR count). The summed E-state index contributed by atoms with van der Waals surface area (Å²) in [6.45, 7) is 5.59. The van der Waals surface area contributed by atoms with Crippen molar-refractivity contribution in [3.8, 4) is 0 Å². The summed E-state index contributed by atoms with van der Waals surface area (Å²) in [6, 6.07) is 6.53. The molecule has 0 radical (unpaired) electrons. The molecule has 2 aromatic heterocycles. The number of piperidine rings is 1. The van der Waals surface area contributed by atoms with E-state index in [1.54, 1.807) is 18.5 Å². The Balaban J connectivity index is 1.47. The maximum absolute atomic E-state index is 13.3. The van der Waals surface area contributed by atoms with Gasteiger partial charge < -0.3 is 14.2 Å². The fourth-order valence-corrected chi connectivity index (χ4v) is 5.04. The van der Waals surface area contributed by atoms with Crippen molar-refractivity contribution in [2.75, 3.05) is 19.6 Å². The Bertz CT molecular complexity index is 782. The topological polar surface area (TPSA) is 49.6 Å². The highest BCUT2D eigenvalue weighted by Gasteiger charge is 2.30. The second-order valence-electron chi connectivity index (χ2n) is 8.73. The number of carbonyl (C=O) groups is 1. The van der Waals surface area contributed by atoms with Crippen molar-refractivity contribution < 1.29 is 9.21 Å². The van der Waals surface area contributed by atoms with Gasteiger partial charge in [0.25, 0.3) is 5.91 Å². The van der Waals surface area contributed by atoms with Gasteiger partial charge in [-0.05, 0) is 62.8 Å². The Morgan fingerprint density at radius 2 is 2.07 bits per heavy atom. The van der Waals surface area contributed by atoms with Gasteiger partial charge in [0, 0.05) is 38.1 Å².